The van der Waals surface area contributed by atoms with Crippen LogP contribution in [0.2, 0.25) is 0 Å². The molecular weight excluding hydrogens is 236 g/mol. The highest BCUT2D eigenvalue weighted by Crippen LogP contribution is 2.31. The predicted molar refractivity (Wildman–Crippen MR) is 77.2 cm³/mol. The molecule has 2 nitrogen and oxygen atoms in total. The van der Waals surface area contributed by atoms with Crippen LogP contribution in [0.1, 0.15) is 54.9 Å². The highest BCUT2D eigenvalue weighted by Gasteiger charge is 2.20. The van der Waals surface area contributed by atoms with Gasteiger partial charge in [0.05, 0.1) is 12.7 Å². The van der Waals surface area contributed by atoms with E-state index in [4.69, 9.17) is 4.74 Å². The first kappa shape index (κ1) is 14.1. The fourth-order valence-corrected chi connectivity index (χ4v) is 3.14. The second-order valence-electron chi connectivity index (χ2n) is 5.77. The molecular formula is C17H24O2. The Labute approximate surface area is 116 Å². The summed E-state index contributed by atoms with van der Waals surface area (Å²) in [6, 6.07) is 7.86. The van der Waals surface area contributed by atoms with E-state index in [0.717, 1.165) is 18.3 Å². The van der Waals surface area contributed by atoms with Gasteiger partial charge in [-0.25, -0.2) is 4.79 Å². The van der Waals surface area contributed by atoms with Crippen LogP contribution in [0.3, 0.4) is 0 Å². The van der Waals surface area contributed by atoms with Crippen LogP contribution in [0.5, 0.6) is 0 Å². The molecule has 0 N–H and O–H groups in total. The van der Waals surface area contributed by atoms with E-state index in [1.54, 1.807) is 0 Å². The molecule has 2 rings (SSSR count). The van der Waals surface area contributed by atoms with E-state index in [0.29, 0.717) is 5.56 Å². The maximum Gasteiger partial charge on any atom is 0.337 e. The van der Waals surface area contributed by atoms with Crippen molar-refractivity contribution in [3.8, 4) is 0 Å². The Morgan fingerprint density at radius 1 is 1.21 bits per heavy atom. The topological polar surface area (TPSA) is 26.3 Å². The zero-order valence-electron chi connectivity index (χ0n) is 12.0. The van der Waals surface area contributed by atoms with Crippen molar-refractivity contribution in [3.05, 3.63) is 35.4 Å². The van der Waals surface area contributed by atoms with Gasteiger partial charge in [-0.2, -0.15) is 0 Å². The number of hydrogen-bond donors (Lipinski definition) is 0. The maximum absolute atomic E-state index is 11.4. The van der Waals surface area contributed by atoms with Crippen molar-refractivity contribution < 1.29 is 9.53 Å². The molecule has 1 aromatic carbocycles. The molecule has 19 heavy (non-hydrogen) atoms. The smallest absolute Gasteiger partial charge is 0.337 e. The van der Waals surface area contributed by atoms with Crippen LogP contribution in [-0.2, 0) is 11.2 Å². The molecule has 0 aromatic heterocycles. The summed E-state index contributed by atoms with van der Waals surface area (Å²) in [6.45, 7) is 2.37. The fraction of sp³-hybridized carbons (Fsp3) is 0.588. The Morgan fingerprint density at radius 2 is 1.84 bits per heavy atom. The van der Waals surface area contributed by atoms with Crippen molar-refractivity contribution in [2.24, 2.45) is 11.8 Å². The summed E-state index contributed by atoms with van der Waals surface area (Å²) in [5.41, 5.74) is 1.96. The number of hydrogen-bond acceptors (Lipinski definition) is 2. The zero-order valence-corrected chi connectivity index (χ0v) is 12.0. The summed E-state index contributed by atoms with van der Waals surface area (Å²) in [6.07, 6.45) is 8.11. The Balaban J connectivity index is 1.93. The monoisotopic (exact) mass is 260 g/mol. The van der Waals surface area contributed by atoms with Crippen molar-refractivity contribution in [3.63, 3.8) is 0 Å². The number of rotatable bonds is 4. The second kappa shape index (κ2) is 6.74. The summed E-state index contributed by atoms with van der Waals surface area (Å²) < 4.78 is 4.71. The molecule has 1 aliphatic rings. The minimum Gasteiger partial charge on any atom is -0.465 e. The largest absolute Gasteiger partial charge is 0.465 e. The van der Waals surface area contributed by atoms with Gasteiger partial charge in [0.15, 0.2) is 0 Å². The first-order chi connectivity index (χ1) is 9.20. The van der Waals surface area contributed by atoms with Gasteiger partial charge in [-0.3, -0.25) is 0 Å². The number of benzene rings is 1. The van der Waals surface area contributed by atoms with Gasteiger partial charge < -0.3 is 4.74 Å². The third kappa shape index (κ3) is 3.82. The van der Waals surface area contributed by atoms with E-state index in [1.807, 2.05) is 12.1 Å². The van der Waals surface area contributed by atoms with Crippen molar-refractivity contribution in [1.29, 1.82) is 0 Å². The van der Waals surface area contributed by atoms with E-state index < -0.39 is 0 Å². The van der Waals surface area contributed by atoms with Crippen molar-refractivity contribution in [1.82, 2.24) is 0 Å². The van der Waals surface area contributed by atoms with Crippen molar-refractivity contribution in [2.75, 3.05) is 7.11 Å². The van der Waals surface area contributed by atoms with Gasteiger partial charge in [0, 0.05) is 0 Å². The number of ether oxygens (including phenoxy) is 1. The lowest BCUT2D eigenvalue weighted by atomic mass is 9.78. The first-order valence-electron chi connectivity index (χ1n) is 7.38. The van der Waals surface area contributed by atoms with Crippen molar-refractivity contribution in [2.45, 2.75) is 45.4 Å². The van der Waals surface area contributed by atoms with Crippen LogP contribution < -0.4 is 0 Å². The molecule has 1 fully saturated rings. The predicted octanol–water partition coefficient (Wildman–Crippen LogP) is 4.23. The highest BCUT2D eigenvalue weighted by molar-refractivity contribution is 5.89. The van der Waals surface area contributed by atoms with Crippen LogP contribution in [0.25, 0.3) is 0 Å². The van der Waals surface area contributed by atoms with Gasteiger partial charge in [-0.1, -0.05) is 51.2 Å². The summed E-state index contributed by atoms with van der Waals surface area (Å²) in [7, 11) is 1.42. The van der Waals surface area contributed by atoms with Crippen LogP contribution in [0.4, 0.5) is 0 Å². The molecule has 1 aromatic rings. The molecule has 0 radical (unpaired) electrons. The van der Waals surface area contributed by atoms with E-state index >= 15 is 0 Å². The molecule has 1 atom stereocenters. The second-order valence-corrected chi connectivity index (χ2v) is 5.77. The SMILES string of the molecule is COC(=O)c1ccc(CC(C)C2CCCCC2)cc1. The maximum atomic E-state index is 11.4. The number of methoxy groups -OCH3 is 1. The van der Waals surface area contributed by atoms with Gasteiger partial charge in [0.2, 0.25) is 0 Å². The van der Waals surface area contributed by atoms with Gasteiger partial charge in [-0.15, -0.1) is 0 Å². The molecule has 0 bridgehead atoms. The van der Waals surface area contributed by atoms with Crippen LogP contribution >= 0.6 is 0 Å². The third-order valence-corrected chi connectivity index (χ3v) is 4.39. The Hall–Kier alpha value is -1.31. The summed E-state index contributed by atoms with van der Waals surface area (Å²) >= 11 is 0. The molecule has 0 saturated heterocycles. The molecule has 2 heteroatoms. The molecule has 1 saturated carbocycles. The van der Waals surface area contributed by atoms with Crippen molar-refractivity contribution >= 4 is 5.97 Å². The molecule has 1 unspecified atom stereocenters. The highest BCUT2D eigenvalue weighted by atomic mass is 16.5. The first-order valence-corrected chi connectivity index (χ1v) is 7.38. The lowest BCUT2D eigenvalue weighted by Crippen LogP contribution is -2.17. The van der Waals surface area contributed by atoms with Gasteiger partial charge in [0.25, 0.3) is 0 Å². The number of carbonyl (C=O) groups excluding carboxylic acids is 1. The minimum atomic E-state index is -0.258. The summed E-state index contributed by atoms with van der Waals surface area (Å²) in [5, 5.41) is 0. The molecule has 0 heterocycles. The van der Waals surface area contributed by atoms with Crippen LogP contribution in [0.15, 0.2) is 24.3 Å². The van der Waals surface area contributed by atoms with E-state index in [-0.39, 0.29) is 5.97 Å². The minimum absolute atomic E-state index is 0.258. The fourth-order valence-electron chi connectivity index (χ4n) is 3.14. The number of esters is 1. The summed E-state index contributed by atoms with van der Waals surface area (Å²) in [5.74, 6) is 1.37. The third-order valence-electron chi connectivity index (χ3n) is 4.39. The Morgan fingerprint density at radius 3 is 2.42 bits per heavy atom. The molecule has 0 amide bonds. The van der Waals surface area contributed by atoms with Crippen LogP contribution in [0, 0.1) is 11.8 Å². The van der Waals surface area contributed by atoms with E-state index in [1.165, 1.54) is 44.8 Å². The number of carbonyl (C=O) groups is 1. The van der Waals surface area contributed by atoms with Gasteiger partial charge >= 0.3 is 5.97 Å². The van der Waals surface area contributed by atoms with Gasteiger partial charge in [0.1, 0.15) is 0 Å². The van der Waals surface area contributed by atoms with E-state index in [2.05, 4.69) is 19.1 Å². The Bertz CT molecular complexity index is 402. The van der Waals surface area contributed by atoms with Crippen LogP contribution in [-0.4, -0.2) is 13.1 Å². The molecule has 1 aliphatic carbocycles. The average Bonchev–Trinajstić information content (AvgIpc) is 2.48. The quantitative estimate of drug-likeness (QED) is 0.757. The lowest BCUT2D eigenvalue weighted by Gasteiger charge is -2.27. The standard InChI is InChI=1S/C17H24O2/c1-13(15-6-4-3-5-7-15)12-14-8-10-16(11-9-14)17(18)19-2/h8-11,13,15H,3-7,12H2,1-2H3. The molecule has 104 valence electrons. The summed E-state index contributed by atoms with van der Waals surface area (Å²) in [4.78, 5) is 11.4. The molecule has 0 spiro atoms. The van der Waals surface area contributed by atoms with Gasteiger partial charge in [-0.05, 0) is 36.0 Å². The lowest BCUT2D eigenvalue weighted by molar-refractivity contribution is 0.0600. The zero-order chi connectivity index (χ0) is 13.7. The average molecular weight is 260 g/mol. The molecule has 0 aliphatic heterocycles. The normalized spacial score (nSPS) is 18.0. The Kier molecular flexibility index (Phi) is 5.00. The van der Waals surface area contributed by atoms with E-state index in [9.17, 15) is 4.79 Å².